The number of esters is 1. The Balaban J connectivity index is 1.96. The number of benzene rings is 2. The molecule has 7 heteroatoms. The molecule has 0 aliphatic heterocycles. The Kier molecular flexibility index (Phi) is 4.62. The molecule has 2 aromatic carbocycles. The van der Waals surface area contributed by atoms with Gasteiger partial charge in [-0.15, -0.1) is 0 Å². The molecule has 2 N–H and O–H groups in total. The van der Waals surface area contributed by atoms with Gasteiger partial charge in [0.15, 0.2) is 0 Å². The summed E-state index contributed by atoms with van der Waals surface area (Å²) in [5.41, 5.74) is 3.05. The number of nitrogens with zero attached hydrogens (tertiary/aromatic N) is 1. The minimum atomic E-state index is -0.998. The molecule has 0 bridgehead atoms. The number of hydrogen-bond acceptors (Lipinski definition) is 3. The molecule has 1 amide bonds. The van der Waals surface area contributed by atoms with Crippen LogP contribution in [0.3, 0.4) is 0 Å². The van der Waals surface area contributed by atoms with Crippen LogP contribution in [0.2, 0.25) is 0 Å². The second-order valence-electron chi connectivity index (χ2n) is 5.92. The summed E-state index contributed by atoms with van der Waals surface area (Å²) in [6, 6.07) is 11.6. The molecule has 0 saturated carbocycles. The molecule has 134 valence electrons. The molecule has 0 atom stereocenters. The summed E-state index contributed by atoms with van der Waals surface area (Å²) in [7, 11) is 2.75. The summed E-state index contributed by atoms with van der Waals surface area (Å²) in [5.74, 6) is -1.13. The lowest BCUT2D eigenvalue weighted by molar-refractivity contribution is 0.0602. The van der Waals surface area contributed by atoms with Gasteiger partial charge in [-0.25, -0.2) is 14.0 Å². The van der Waals surface area contributed by atoms with Gasteiger partial charge in [0.05, 0.1) is 12.7 Å². The van der Waals surface area contributed by atoms with Crippen molar-refractivity contribution in [2.75, 3.05) is 14.2 Å². The highest BCUT2D eigenvalue weighted by atomic mass is 19.1. The lowest BCUT2D eigenvalue weighted by Crippen LogP contribution is -2.23. The molecule has 0 aliphatic carbocycles. The van der Waals surface area contributed by atoms with Gasteiger partial charge in [-0.05, 0) is 29.3 Å². The van der Waals surface area contributed by atoms with Gasteiger partial charge in [0, 0.05) is 30.2 Å². The van der Waals surface area contributed by atoms with Gasteiger partial charge in [0.1, 0.15) is 5.82 Å². The van der Waals surface area contributed by atoms with Crippen LogP contribution in [0.1, 0.15) is 15.9 Å². The van der Waals surface area contributed by atoms with Gasteiger partial charge < -0.3 is 19.7 Å². The van der Waals surface area contributed by atoms with Crippen molar-refractivity contribution in [2.24, 2.45) is 0 Å². The zero-order valence-corrected chi connectivity index (χ0v) is 14.2. The second kappa shape index (κ2) is 6.87. The zero-order chi connectivity index (χ0) is 18.8. The first-order valence-corrected chi connectivity index (χ1v) is 7.83. The third-order valence-corrected chi connectivity index (χ3v) is 4.12. The number of aromatic amines is 1. The molecule has 0 aliphatic rings. The Morgan fingerprint density at radius 2 is 1.88 bits per heavy atom. The molecule has 0 spiro atoms. The van der Waals surface area contributed by atoms with Crippen molar-refractivity contribution in [3.8, 4) is 11.3 Å². The molecule has 0 fully saturated rings. The molecular formula is C19H17FN2O4. The number of methoxy groups -OCH3 is 1. The molecule has 1 heterocycles. The molecule has 1 aromatic heterocycles. The number of H-pyrrole nitrogens is 1. The largest absolute Gasteiger partial charge is 0.465 e. The van der Waals surface area contributed by atoms with E-state index in [2.05, 4.69) is 4.98 Å². The van der Waals surface area contributed by atoms with E-state index in [1.165, 1.54) is 25.1 Å². The van der Waals surface area contributed by atoms with E-state index in [0.717, 1.165) is 17.2 Å². The molecule has 6 nitrogen and oxygen atoms in total. The standard InChI is InChI=1S/C19H17FN2O4/c1-22(19(24)25)10-11-3-5-12(6-4-11)16-9-14-15(18(23)26-2)7-13(20)8-17(14)21-16/h3-9,21H,10H2,1-2H3,(H,24,25). The van der Waals surface area contributed by atoms with E-state index in [-0.39, 0.29) is 12.1 Å². The fourth-order valence-electron chi connectivity index (χ4n) is 2.77. The summed E-state index contributed by atoms with van der Waals surface area (Å²) in [4.78, 5) is 27.0. The van der Waals surface area contributed by atoms with E-state index >= 15 is 0 Å². The fraction of sp³-hybridized carbons (Fsp3) is 0.158. The quantitative estimate of drug-likeness (QED) is 0.695. The van der Waals surface area contributed by atoms with Crippen molar-refractivity contribution in [3.63, 3.8) is 0 Å². The van der Waals surface area contributed by atoms with E-state index < -0.39 is 17.9 Å². The van der Waals surface area contributed by atoms with Crippen LogP contribution in [0.4, 0.5) is 9.18 Å². The van der Waals surface area contributed by atoms with E-state index in [0.29, 0.717) is 16.6 Å². The Morgan fingerprint density at radius 1 is 1.19 bits per heavy atom. The first kappa shape index (κ1) is 17.5. The van der Waals surface area contributed by atoms with Crippen LogP contribution >= 0.6 is 0 Å². The van der Waals surface area contributed by atoms with E-state index in [1.807, 2.05) is 24.3 Å². The topological polar surface area (TPSA) is 82.6 Å². The summed E-state index contributed by atoms with van der Waals surface area (Å²) >= 11 is 0. The first-order chi connectivity index (χ1) is 12.4. The third-order valence-electron chi connectivity index (χ3n) is 4.12. The number of carboxylic acid groups (broad SMARTS) is 1. The number of ether oxygens (including phenoxy) is 1. The van der Waals surface area contributed by atoms with Crippen LogP contribution < -0.4 is 0 Å². The number of carbonyl (C=O) groups is 2. The number of amides is 1. The van der Waals surface area contributed by atoms with Gasteiger partial charge in [0.25, 0.3) is 0 Å². The SMILES string of the molecule is COC(=O)c1cc(F)cc2[nH]c(-c3ccc(CN(C)C(=O)O)cc3)cc12. The van der Waals surface area contributed by atoms with Crippen molar-refractivity contribution in [1.29, 1.82) is 0 Å². The highest BCUT2D eigenvalue weighted by Crippen LogP contribution is 2.28. The summed E-state index contributed by atoms with van der Waals surface area (Å²) < 4.78 is 18.5. The first-order valence-electron chi connectivity index (χ1n) is 7.83. The average Bonchev–Trinajstić information content (AvgIpc) is 3.04. The van der Waals surface area contributed by atoms with Crippen molar-refractivity contribution >= 4 is 23.0 Å². The summed E-state index contributed by atoms with van der Waals surface area (Å²) in [5, 5.41) is 9.49. The van der Waals surface area contributed by atoms with Crippen LogP contribution in [0.25, 0.3) is 22.2 Å². The zero-order valence-electron chi connectivity index (χ0n) is 14.2. The lowest BCUT2D eigenvalue weighted by atomic mass is 10.1. The number of nitrogens with one attached hydrogen (secondary N) is 1. The van der Waals surface area contributed by atoms with Gasteiger partial charge in [0.2, 0.25) is 0 Å². The third kappa shape index (κ3) is 3.37. The molecule has 3 rings (SSSR count). The van der Waals surface area contributed by atoms with Crippen LogP contribution in [0.15, 0.2) is 42.5 Å². The van der Waals surface area contributed by atoms with Gasteiger partial charge in [-0.3, -0.25) is 0 Å². The Bertz CT molecular complexity index is 979. The Hall–Kier alpha value is -3.35. The Labute approximate surface area is 148 Å². The maximum Gasteiger partial charge on any atom is 0.407 e. The molecule has 3 aromatic rings. The minimum Gasteiger partial charge on any atom is -0.465 e. The van der Waals surface area contributed by atoms with Crippen molar-refractivity contribution in [1.82, 2.24) is 9.88 Å². The van der Waals surface area contributed by atoms with E-state index in [1.54, 1.807) is 6.07 Å². The van der Waals surface area contributed by atoms with Gasteiger partial charge in [-0.2, -0.15) is 0 Å². The number of aromatic nitrogens is 1. The van der Waals surface area contributed by atoms with Crippen LogP contribution in [0, 0.1) is 5.82 Å². The number of fused-ring (bicyclic) bond motifs is 1. The van der Waals surface area contributed by atoms with Crippen molar-refractivity contribution < 1.29 is 23.8 Å². The molecule has 0 saturated heterocycles. The predicted octanol–water partition coefficient (Wildman–Crippen LogP) is 3.87. The average molecular weight is 356 g/mol. The highest BCUT2D eigenvalue weighted by Gasteiger charge is 2.15. The van der Waals surface area contributed by atoms with Crippen LogP contribution in [0.5, 0.6) is 0 Å². The number of hydrogen-bond donors (Lipinski definition) is 2. The molecule has 26 heavy (non-hydrogen) atoms. The van der Waals surface area contributed by atoms with Crippen molar-refractivity contribution in [3.05, 3.63) is 59.4 Å². The number of rotatable bonds is 4. The molecule has 0 radical (unpaired) electrons. The second-order valence-corrected chi connectivity index (χ2v) is 5.92. The summed E-state index contributed by atoms with van der Waals surface area (Å²) in [6.45, 7) is 0.278. The molecular weight excluding hydrogens is 339 g/mol. The van der Waals surface area contributed by atoms with E-state index in [9.17, 15) is 14.0 Å². The smallest absolute Gasteiger partial charge is 0.407 e. The fourth-order valence-corrected chi connectivity index (χ4v) is 2.77. The van der Waals surface area contributed by atoms with Crippen LogP contribution in [-0.4, -0.2) is 41.2 Å². The Morgan fingerprint density at radius 3 is 2.50 bits per heavy atom. The van der Waals surface area contributed by atoms with E-state index in [4.69, 9.17) is 9.84 Å². The normalized spacial score (nSPS) is 10.7. The maximum atomic E-state index is 13.8. The van der Waals surface area contributed by atoms with Crippen LogP contribution in [-0.2, 0) is 11.3 Å². The number of carbonyl (C=O) groups excluding carboxylic acids is 1. The minimum absolute atomic E-state index is 0.157. The van der Waals surface area contributed by atoms with Gasteiger partial charge in [-0.1, -0.05) is 24.3 Å². The summed E-state index contributed by atoms with van der Waals surface area (Å²) in [6.07, 6.45) is -0.998. The van der Waals surface area contributed by atoms with Crippen molar-refractivity contribution in [2.45, 2.75) is 6.54 Å². The van der Waals surface area contributed by atoms with Gasteiger partial charge >= 0.3 is 12.1 Å². The monoisotopic (exact) mass is 356 g/mol. The molecule has 0 unspecified atom stereocenters. The predicted molar refractivity (Wildman–Crippen MR) is 94.5 cm³/mol. The highest BCUT2D eigenvalue weighted by molar-refractivity contribution is 6.05. The maximum absolute atomic E-state index is 13.8. The lowest BCUT2D eigenvalue weighted by Gasteiger charge is -2.12. The number of halogens is 1.